The molecule has 0 saturated carbocycles. The average molecular weight is 280 g/mol. The molecule has 2 nitrogen and oxygen atoms in total. The van der Waals surface area contributed by atoms with Crippen molar-refractivity contribution in [1.29, 1.82) is 0 Å². The topological polar surface area (TPSA) is 24.9 Å². The molecule has 114 valence electrons. The molecule has 1 unspecified atom stereocenters. The fraction of sp³-hybridized carbons (Fsp3) is 0.706. The summed E-state index contributed by atoms with van der Waals surface area (Å²) in [5.41, 5.74) is 0.908. The fourth-order valence-electron chi connectivity index (χ4n) is 2.33. The van der Waals surface area contributed by atoms with Gasteiger partial charge in [0.15, 0.2) is 0 Å². The second-order valence-corrected chi connectivity index (χ2v) is 5.55. The molecule has 0 radical (unpaired) electrons. The Morgan fingerprint density at radius 1 is 1.05 bits per heavy atom. The van der Waals surface area contributed by atoms with Gasteiger partial charge < -0.3 is 5.32 Å². The van der Waals surface area contributed by atoms with Gasteiger partial charge in [-0.2, -0.15) is 0 Å². The van der Waals surface area contributed by atoms with Crippen molar-refractivity contribution in [1.82, 2.24) is 10.3 Å². The molecule has 0 saturated heterocycles. The van der Waals surface area contributed by atoms with E-state index in [1.54, 1.807) is 6.07 Å². The fourth-order valence-corrected chi connectivity index (χ4v) is 2.33. The summed E-state index contributed by atoms with van der Waals surface area (Å²) in [6, 6.07) is 3.41. The van der Waals surface area contributed by atoms with Crippen LogP contribution in [0.1, 0.15) is 76.9 Å². The number of hydrogen-bond donors (Lipinski definition) is 1. The van der Waals surface area contributed by atoms with Gasteiger partial charge >= 0.3 is 0 Å². The Morgan fingerprint density at radius 3 is 2.30 bits per heavy atom. The largest absolute Gasteiger partial charge is 0.309 e. The number of hydrogen-bond acceptors (Lipinski definition) is 2. The molecule has 20 heavy (non-hydrogen) atoms. The number of rotatable bonds is 11. The van der Waals surface area contributed by atoms with Gasteiger partial charge in [-0.3, -0.25) is 4.98 Å². The van der Waals surface area contributed by atoms with Gasteiger partial charge in [0.2, 0.25) is 0 Å². The molecular formula is C17H29FN2. The van der Waals surface area contributed by atoms with Crippen LogP contribution in [-0.4, -0.2) is 11.5 Å². The van der Waals surface area contributed by atoms with E-state index in [1.165, 1.54) is 63.6 Å². The van der Waals surface area contributed by atoms with Crippen molar-refractivity contribution in [2.45, 2.75) is 71.3 Å². The van der Waals surface area contributed by atoms with E-state index >= 15 is 0 Å². The molecule has 1 N–H and O–H groups in total. The summed E-state index contributed by atoms with van der Waals surface area (Å²) >= 11 is 0. The molecule has 0 bridgehead atoms. The van der Waals surface area contributed by atoms with Crippen molar-refractivity contribution in [2.75, 3.05) is 6.54 Å². The summed E-state index contributed by atoms with van der Waals surface area (Å²) in [5, 5.41) is 3.44. The first-order valence-corrected chi connectivity index (χ1v) is 8.09. The molecule has 1 rings (SSSR count). The van der Waals surface area contributed by atoms with Gasteiger partial charge in [0.1, 0.15) is 5.82 Å². The summed E-state index contributed by atoms with van der Waals surface area (Å²) in [7, 11) is 0. The van der Waals surface area contributed by atoms with Crippen LogP contribution in [0.5, 0.6) is 0 Å². The molecule has 0 fully saturated rings. The first-order valence-electron chi connectivity index (χ1n) is 8.09. The summed E-state index contributed by atoms with van der Waals surface area (Å²) in [6.45, 7) is 5.34. The van der Waals surface area contributed by atoms with Gasteiger partial charge in [-0.15, -0.1) is 0 Å². The zero-order chi connectivity index (χ0) is 14.6. The normalized spacial score (nSPS) is 12.6. The standard InChI is InChI=1S/C17H29FN2/c1-3-4-5-6-7-8-9-10-13-19-15(2)17-12-11-16(18)14-20-17/h11-12,14-15,19H,3-10,13H2,1-2H3. The Balaban J connectivity index is 1.99. The minimum absolute atomic E-state index is 0.195. The van der Waals surface area contributed by atoms with Crippen LogP contribution in [0.25, 0.3) is 0 Å². The number of unbranched alkanes of at least 4 members (excludes halogenated alkanes) is 7. The number of pyridine rings is 1. The highest BCUT2D eigenvalue weighted by Crippen LogP contribution is 2.11. The monoisotopic (exact) mass is 280 g/mol. The number of aromatic nitrogens is 1. The molecule has 1 aromatic heterocycles. The van der Waals surface area contributed by atoms with Gasteiger partial charge in [0, 0.05) is 6.04 Å². The lowest BCUT2D eigenvalue weighted by Gasteiger charge is -2.13. The highest BCUT2D eigenvalue weighted by Gasteiger charge is 2.05. The Morgan fingerprint density at radius 2 is 1.70 bits per heavy atom. The van der Waals surface area contributed by atoms with Crippen LogP contribution in [0.3, 0.4) is 0 Å². The van der Waals surface area contributed by atoms with Gasteiger partial charge in [-0.25, -0.2) is 4.39 Å². The van der Waals surface area contributed by atoms with Crippen molar-refractivity contribution >= 4 is 0 Å². The molecule has 1 heterocycles. The molecule has 3 heteroatoms. The van der Waals surface area contributed by atoms with Crippen LogP contribution in [0.2, 0.25) is 0 Å². The Labute approximate surface area is 123 Å². The number of halogens is 1. The van der Waals surface area contributed by atoms with Gasteiger partial charge in [0.25, 0.3) is 0 Å². The third kappa shape index (κ3) is 7.59. The highest BCUT2D eigenvalue weighted by atomic mass is 19.1. The van der Waals surface area contributed by atoms with Crippen molar-refractivity contribution in [3.63, 3.8) is 0 Å². The minimum Gasteiger partial charge on any atom is -0.309 e. The molecule has 1 atom stereocenters. The Bertz CT molecular complexity index is 337. The van der Waals surface area contributed by atoms with Crippen LogP contribution in [0, 0.1) is 5.82 Å². The zero-order valence-electron chi connectivity index (χ0n) is 13.0. The van der Waals surface area contributed by atoms with E-state index in [-0.39, 0.29) is 11.9 Å². The summed E-state index contributed by atoms with van der Waals surface area (Å²) < 4.78 is 12.8. The molecular weight excluding hydrogens is 251 g/mol. The van der Waals surface area contributed by atoms with Gasteiger partial charge in [-0.05, 0) is 32.0 Å². The van der Waals surface area contributed by atoms with E-state index < -0.39 is 0 Å². The molecule has 0 aliphatic carbocycles. The maximum absolute atomic E-state index is 12.8. The van der Waals surface area contributed by atoms with E-state index in [0.29, 0.717) is 0 Å². The SMILES string of the molecule is CCCCCCCCCCNC(C)c1ccc(F)cn1. The predicted molar refractivity (Wildman–Crippen MR) is 83.2 cm³/mol. The smallest absolute Gasteiger partial charge is 0.141 e. The van der Waals surface area contributed by atoms with E-state index in [4.69, 9.17) is 0 Å². The molecule has 0 aromatic carbocycles. The Kier molecular flexibility index (Phi) is 9.22. The second kappa shape index (κ2) is 10.8. The molecule has 1 aromatic rings. The third-order valence-electron chi connectivity index (χ3n) is 3.67. The number of nitrogens with zero attached hydrogens (tertiary/aromatic N) is 1. The molecule has 0 aliphatic heterocycles. The van der Waals surface area contributed by atoms with Crippen LogP contribution in [-0.2, 0) is 0 Å². The summed E-state index contributed by atoms with van der Waals surface area (Å²) in [5.74, 6) is -0.274. The minimum atomic E-state index is -0.274. The number of nitrogens with one attached hydrogen (secondary N) is 1. The average Bonchev–Trinajstić information content (AvgIpc) is 2.46. The second-order valence-electron chi connectivity index (χ2n) is 5.55. The first kappa shape index (κ1) is 17.1. The zero-order valence-corrected chi connectivity index (χ0v) is 13.0. The summed E-state index contributed by atoms with van der Waals surface area (Å²) in [6.07, 6.45) is 12.0. The van der Waals surface area contributed by atoms with Crippen molar-refractivity contribution in [3.05, 3.63) is 29.8 Å². The van der Waals surface area contributed by atoms with E-state index in [0.717, 1.165) is 12.2 Å². The van der Waals surface area contributed by atoms with E-state index in [1.807, 2.05) is 0 Å². The maximum Gasteiger partial charge on any atom is 0.141 e. The van der Waals surface area contributed by atoms with Crippen LogP contribution < -0.4 is 5.32 Å². The van der Waals surface area contributed by atoms with E-state index in [9.17, 15) is 4.39 Å². The lowest BCUT2D eigenvalue weighted by atomic mass is 10.1. The molecule has 0 spiro atoms. The third-order valence-corrected chi connectivity index (χ3v) is 3.67. The lowest BCUT2D eigenvalue weighted by molar-refractivity contribution is 0.513. The van der Waals surface area contributed by atoms with Crippen LogP contribution in [0.15, 0.2) is 18.3 Å². The summed E-state index contributed by atoms with van der Waals surface area (Å²) in [4.78, 5) is 4.10. The van der Waals surface area contributed by atoms with Crippen molar-refractivity contribution in [3.8, 4) is 0 Å². The lowest BCUT2D eigenvalue weighted by Crippen LogP contribution is -2.20. The van der Waals surface area contributed by atoms with Crippen molar-refractivity contribution < 1.29 is 4.39 Å². The van der Waals surface area contributed by atoms with Gasteiger partial charge in [0.05, 0.1) is 11.9 Å². The first-order chi connectivity index (χ1) is 9.74. The molecule has 0 amide bonds. The van der Waals surface area contributed by atoms with Crippen LogP contribution >= 0.6 is 0 Å². The quantitative estimate of drug-likeness (QED) is 0.576. The van der Waals surface area contributed by atoms with Gasteiger partial charge in [-0.1, -0.05) is 51.9 Å². The van der Waals surface area contributed by atoms with Crippen molar-refractivity contribution in [2.24, 2.45) is 0 Å². The molecule has 0 aliphatic rings. The highest BCUT2D eigenvalue weighted by molar-refractivity contribution is 5.08. The maximum atomic E-state index is 12.8. The predicted octanol–water partition coefficient (Wildman–Crippen LogP) is 5.01. The van der Waals surface area contributed by atoms with E-state index in [2.05, 4.69) is 24.1 Å². The Hall–Kier alpha value is -0.960. The van der Waals surface area contributed by atoms with Crippen LogP contribution in [0.4, 0.5) is 4.39 Å².